The van der Waals surface area contributed by atoms with Crippen molar-refractivity contribution in [3.8, 4) is 17.0 Å². The normalized spacial score (nSPS) is 11.1. The molecule has 5 nitrogen and oxygen atoms in total. The molecule has 0 fully saturated rings. The predicted molar refractivity (Wildman–Crippen MR) is 72.7 cm³/mol. The molecule has 0 bridgehead atoms. The lowest BCUT2D eigenvalue weighted by molar-refractivity contribution is 0.429. The van der Waals surface area contributed by atoms with E-state index in [4.69, 9.17) is 11.6 Å². The van der Waals surface area contributed by atoms with Gasteiger partial charge in [-0.05, 0) is 13.0 Å². The number of benzene rings is 1. The van der Waals surface area contributed by atoms with Crippen LogP contribution >= 0.6 is 11.6 Å². The number of nitrogens with zero attached hydrogens (tertiary/aromatic N) is 2. The van der Waals surface area contributed by atoms with Crippen molar-refractivity contribution in [2.45, 2.75) is 6.92 Å². The Bertz CT molecular complexity index is 836. The van der Waals surface area contributed by atoms with Gasteiger partial charge in [0, 0.05) is 16.1 Å². The molecule has 0 saturated heterocycles. The summed E-state index contributed by atoms with van der Waals surface area (Å²) in [6.07, 6.45) is 1.56. The highest BCUT2D eigenvalue weighted by atomic mass is 35.5. The standard InChI is InChI=1S/C13H10ClN3O2/c1-7-12(18)16-11-9(6-15-17(11)13(7)19)8-4-2-3-5-10(8)14/h2-6,19H,1H3,(H,16,18). The smallest absolute Gasteiger partial charge is 0.257 e. The average Bonchev–Trinajstić information content (AvgIpc) is 2.80. The van der Waals surface area contributed by atoms with Gasteiger partial charge >= 0.3 is 0 Å². The predicted octanol–water partition coefficient (Wildman–Crippen LogP) is 2.36. The van der Waals surface area contributed by atoms with E-state index < -0.39 is 0 Å². The van der Waals surface area contributed by atoms with E-state index in [1.807, 2.05) is 18.2 Å². The van der Waals surface area contributed by atoms with Crippen LogP contribution in [0.5, 0.6) is 5.88 Å². The number of nitrogens with one attached hydrogen (secondary N) is 1. The van der Waals surface area contributed by atoms with Crippen molar-refractivity contribution in [2.24, 2.45) is 0 Å². The molecule has 0 aliphatic heterocycles. The van der Waals surface area contributed by atoms with Gasteiger partial charge in [0.25, 0.3) is 5.56 Å². The van der Waals surface area contributed by atoms with Crippen LogP contribution in [-0.4, -0.2) is 19.7 Å². The Labute approximate surface area is 113 Å². The molecule has 2 aromatic heterocycles. The van der Waals surface area contributed by atoms with E-state index in [1.165, 1.54) is 11.4 Å². The molecule has 0 aliphatic carbocycles. The molecule has 19 heavy (non-hydrogen) atoms. The summed E-state index contributed by atoms with van der Waals surface area (Å²) in [5, 5.41) is 14.5. The number of rotatable bonds is 1. The molecule has 3 aromatic rings. The van der Waals surface area contributed by atoms with E-state index in [9.17, 15) is 9.90 Å². The highest BCUT2D eigenvalue weighted by Crippen LogP contribution is 2.30. The topological polar surface area (TPSA) is 70.4 Å². The highest BCUT2D eigenvalue weighted by Gasteiger charge is 2.15. The van der Waals surface area contributed by atoms with Crippen LogP contribution in [0.15, 0.2) is 35.3 Å². The van der Waals surface area contributed by atoms with E-state index in [1.54, 1.807) is 12.3 Å². The fraction of sp³-hybridized carbons (Fsp3) is 0.0769. The second-order valence-electron chi connectivity index (χ2n) is 4.20. The van der Waals surface area contributed by atoms with Crippen molar-refractivity contribution in [3.63, 3.8) is 0 Å². The Morgan fingerprint density at radius 2 is 2.05 bits per heavy atom. The van der Waals surface area contributed by atoms with Gasteiger partial charge in [-0.25, -0.2) is 0 Å². The second kappa shape index (κ2) is 4.13. The highest BCUT2D eigenvalue weighted by molar-refractivity contribution is 6.33. The van der Waals surface area contributed by atoms with Gasteiger partial charge in [-0.3, -0.25) is 4.79 Å². The van der Waals surface area contributed by atoms with Crippen LogP contribution in [0.2, 0.25) is 5.02 Å². The van der Waals surface area contributed by atoms with Crippen LogP contribution in [-0.2, 0) is 0 Å². The van der Waals surface area contributed by atoms with Crippen molar-refractivity contribution < 1.29 is 5.11 Å². The molecule has 96 valence electrons. The quantitative estimate of drug-likeness (QED) is 0.716. The van der Waals surface area contributed by atoms with Gasteiger partial charge in [0.2, 0.25) is 5.88 Å². The van der Waals surface area contributed by atoms with Gasteiger partial charge in [-0.1, -0.05) is 29.8 Å². The molecule has 2 heterocycles. The Morgan fingerprint density at radius 3 is 2.79 bits per heavy atom. The minimum Gasteiger partial charge on any atom is -0.493 e. The number of hydrogen-bond acceptors (Lipinski definition) is 3. The van der Waals surface area contributed by atoms with E-state index in [-0.39, 0.29) is 17.0 Å². The summed E-state index contributed by atoms with van der Waals surface area (Å²) in [6.45, 7) is 1.53. The molecule has 3 rings (SSSR count). The van der Waals surface area contributed by atoms with Gasteiger partial charge in [-0.15, -0.1) is 0 Å². The zero-order valence-corrected chi connectivity index (χ0v) is 10.8. The minimum absolute atomic E-state index is 0.169. The van der Waals surface area contributed by atoms with E-state index in [0.29, 0.717) is 16.2 Å². The van der Waals surface area contributed by atoms with Crippen molar-refractivity contribution in [3.05, 3.63) is 51.4 Å². The van der Waals surface area contributed by atoms with Crippen LogP contribution in [0.4, 0.5) is 0 Å². The van der Waals surface area contributed by atoms with Crippen molar-refractivity contribution in [1.29, 1.82) is 0 Å². The molecule has 0 spiro atoms. The first-order valence-corrected chi connectivity index (χ1v) is 6.02. The lowest BCUT2D eigenvalue weighted by atomic mass is 10.1. The average molecular weight is 276 g/mol. The molecule has 6 heteroatoms. The van der Waals surface area contributed by atoms with Crippen LogP contribution in [0, 0.1) is 6.92 Å². The lowest BCUT2D eigenvalue weighted by Crippen LogP contribution is -2.12. The zero-order chi connectivity index (χ0) is 13.6. The summed E-state index contributed by atoms with van der Waals surface area (Å²) in [4.78, 5) is 14.4. The van der Waals surface area contributed by atoms with Gasteiger partial charge in [-0.2, -0.15) is 9.61 Å². The maximum atomic E-state index is 11.7. The first-order valence-electron chi connectivity index (χ1n) is 5.64. The van der Waals surface area contributed by atoms with E-state index >= 15 is 0 Å². The first kappa shape index (κ1) is 11.8. The summed E-state index contributed by atoms with van der Waals surface area (Å²) < 4.78 is 1.29. The third kappa shape index (κ3) is 1.70. The maximum Gasteiger partial charge on any atom is 0.257 e. The first-order chi connectivity index (χ1) is 9.09. The maximum absolute atomic E-state index is 11.7. The van der Waals surface area contributed by atoms with E-state index in [0.717, 1.165) is 5.56 Å². The second-order valence-corrected chi connectivity index (χ2v) is 4.61. The van der Waals surface area contributed by atoms with Gasteiger partial charge in [0.05, 0.1) is 11.8 Å². The molecular formula is C13H10ClN3O2. The van der Waals surface area contributed by atoms with Crippen LogP contribution in [0.1, 0.15) is 5.56 Å². The fourth-order valence-electron chi connectivity index (χ4n) is 1.97. The molecule has 2 N–H and O–H groups in total. The van der Waals surface area contributed by atoms with Gasteiger partial charge in [0.1, 0.15) is 5.65 Å². The zero-order valence-electron chi connectivity index (χ0n) is 10.0. The molecule has 0 radical (unpaired) electrons. The number of halogens is 1. The summed E-state index contributed by atoms with van der Waals surface area (Å²) in [6, 6.07) is 7.25. The third-order valence-electron chi connectivity index (χ3n) is 3.04. The Hall–Kier alpha value is -2.27. The minimum atomic E-state index is -0.348. The SMILES string of the molecule is Cc1c(O)n2ncc(-c3ccccc3Cl)c2[nH]c1=O. The number of fused-ring (bicyclic) bond motifs is 1. The number of hydrogen-bond donors (Lipinski definition) is 2. The van der Waals surface area contributed by atoms with Crippen LogP contribution in [0.25, 0.3) is 16.8 Å². The van der Waals surface area contributed by atoms with Gasteiger partial charge < -0.3 is 10.1 Å². The number of aromatic nitrogens is 3. The monoisotopic (exact) mass is 275 g/mol. The molecule has 0 atom stereocenters. The van der Waals surface area contributed by atoms with Crippen LogP contribution in [0.3, 0.4) is 0 Å². The van der Waals surface area contributed by atoms with Crippen molar-refractivity contribution >= 4 is 17.2 Å². The molecule has 0 aliphatic rings. The van der Waals surface area contributed by atoms with Gasteiger partial charge in [0.15, 0.2) is 0 Å². The lowest BCUT2D eigenvalue weighted by Gasteiger charge is -2.04. The summed E-state index contributed by atoms with van der Waals surface area (Å²) in [7, 11) is 0. The van der Waals surface area contributed by atoms with Crippen molar-refractivity contribution in [1.82, 2.24) is 14.6 Å². The van der Waals surface area contributed by atoms with Crippen LogP contribution < -0.4 is 5.56 Å². The Kier molecular flexibility index (Phi) is 2.57. The van der Waals surface area contributed by atoms with Crippen molar-refractivity contribution in [2.75, 3.05) is 0 Å². The Morgan fingerprint density at radius 1 is 1.32 bits per heavy atom. The molecule has 0 unspecified atom stereocenters. The summed E-state index contributed by atoms with van der Waals surface area (Å²) in [5.41, 5.74) is 1.71. The number of aromatic hydroxyl groups is 1. The summed E-state index contributed by atoms with van der Waals surface area (Å²) >= 11 is 6.14. The fourth-order valence-corrected chi connectivity index (χ4v) is 2.21. The van der Waals surface area contributed by atoms with E-state index in [2.05, 4.69) is 10.1 Å². The third-order valence-corrected chi connectivity index (χ3v) is 3.37. The largest absolute Gasteiger partial charge is 0.493 e. The molecular weight excluding hydrogens is 266 g/mol. The summed E-state index contributed by atoms with van der Waals surface area (Å²) in [5.74, 6) is -0.169. The number of H-pyrrole nitrogens is 1. The molecule has 0 amide bonds. The molecule has 1 aromatic carbocycles. The molecule has 0 saturated carbocycles. The number of aromatic amines is 1. The Balaban J connectivity index is 2.39.